The predicted octanol–water partition coefficient (Wildman–Crippen LogP) is 1.77. The molecule has 0 spiro atoms. The van der Waals surface area contributed by atoms with Crippen LogP contribution in [-0.4, -0.2) is 39.5 Å². The Morgan fingerprint density at radius 2 is 1.92 bits per heavy atom. The van der Waals surface area contributed by atoms with Crippen LogP contribution in [-0.2, 0) is 14.8 Å². The molecule has 1 amide bonds. The fraction of sp³-hybridized carbons (Fsp3) is 0.188. The highest BCUT2D eigenvalue weighted by molar-refractivity contribution is 7.92. The Balaban J connectivity index is 2.29. The first-order valence-electron chi connectivity index (χ1n) is 7.48. The molecule has 0 unspecified atom stereocenters. The molecule has 0 atom stereocenters. The second-order valence-electron chi connectivity index (χ2n) is 5.15. The molecule has 0 saturated carbocycles. The third kappa shape index (κ3) is 4.77. The summed E-state index contributed by atoms with van der Waals surface area (Å²) in [6, 6.07) is 10.7. The fourth-order valence-corrected chi connectivity index (χ4v) is 3.22. The zero-order valence-electron chi connectivity index (χ0n) is 13.8. The summed E-state index contributed by atoms with van der Waals surface area (Å²) in [6.45, 7) is 0.578. The molecule has 26 heavy (non-hydrogen) atoms. The van der Waals surface area contributed by atoms with Crippen LogP contribution in [0.1, 0.15) is 10.4 Å². The minimum absolute atomic E-state index is 0.0638. The van der Waals surface area contributed by atoms with Gasteiger partial charge in [0.2, 0.25) is 0 Å². The molecule has 0 aromatic heterocycles. The van der Waals surface area contributed by atoms with Gasteiger partial charge < -0.3 is 10.1 Å². The van der Waals surface area contributed by atoms with Crippen molar-refractivity contribution in [3.05, 3.63) is 64.2 Å². The summed E-state index contributed by atoms with van der Waals surface area (Å²) in [6.07, 6.45) is 0. The van der Waals surface area contributed by atoms with Crippen molar-refractivity contribution in [3.63, 3.8) is 0 Å². The molecule has 0 aliphatic carbocycles. The van der Waals surface area contributed by atoms with Crippen molar-refractivity contribution in [2.75, 3.05) is 25.0 Å². The molecule has 0 saturated heterocycles. The van der Waals surface area contributed by atoms with E-state index < -0.39 is 20.9 Å². The lowest BCUT2D eigenvalue weighted by molar-refractivity contribution is -0.385. The molecule has 2 rings (SSSR count). The third-order valence-electron chi connectivity index (χ3n) is 3.35. The Morgan fingerprint density at radius 1 is 1.19 bits per heavy atom. The van der Waals surface area contributed by atoms with Crippen molar-refractivity contribution >= 4 is 27.3 Å². The van der Waals surface area contributed by atoms with Gasteiger partial charge in [0, 0.05) is 25.8 Å². The van der Waals surface area contributed by atoms with E-state index in [-0.39, 0.29) is 28.4 Å². The SMILES string of the molecule is COCCNC(=O)c1ccccc1NS(=O)(=O)c1cccc([N+](=O)[O-])c1. The van der Waals surface area contributed by atoms with Crippen LogP contribution in [0.4, 0.5) is 11.4 Å². The number of non-ortho nitro benzene ring substituents is 1. The number of rotatable bonds is 8. The van der Waals surface area contributed by atoms with Gasteiger partial charge in [-0.2, -0.15) is 0 Å². The topological polar surface area (TPSA) is 128 Å². The Labute approximate surface area is 150 Å². The fourth-order valence-electron chi connectivity index (χ4n) is 2.10. The number of sulfonamides is 1. The Hall–Kier alpha value is -2.98. The number of nitro benzene ring substituents is 1. The van der Waals surface area contributed by atoms with E-state index in [1.807, 2.05) is 0 Å². The maximum atomic E-state index is 12.5. The van der Waals surface area contributed by atoms with Gasteiger partial charge in [-0.05, 0) is 18.2 Å². The van der Waals surface area contributed by atoms with Crippen LogP contribution in [0.5, 0.6) is 0 Å². The lowest BCUT2D eigenvalue weighted by atomic mass is 10.2. The van der Waals surface area contributed by atoms with Crippen molar-refractivity contribution in [3.8, 4) is 0 Å². The number of ether oxygens (including phenoxy) is 1. The van der Waals surface area contributed by atoms with Crippen molar-refractivity contribution in [2.45, 2.75) is 4.90 Å². The van der Waals surface area contributed by atoms with Gasteiger partial charge in [0.25, 0.3) is 21.6 Å². The van der Waals surface area contributed by atoms with E-state index in [9.17, 15) is 23.3 Å². The van der Waals surface area contributed by atoms with E-state index in [0.717, 1.165) is 6.07 Å². The molecule has 0 fully saturated rings. The number of amides is 1. The first-order valence-corrected chi connectivity index (χ1v) is 8.97. The molecule has 0 heterocycles. The smallest absolute Gasteiger partial charge is 0.270 e. The average Bonchev–Trinajstić information content (AvgIpc) is 2.62. The lowest BCUT2D eigenvalue weighted by Gasteiger charge is -2.12. The summed E-state index contributed by atoms with van der Waals surface area (Å²) < 4.78 is 32.2. The minimum atomic E-state index is -4.11. The van der Waals surface area contributed by atoms with E-state index in [0.29, 0.717) is 6.61 Å². The van der Waals surface area contributed by atoms with Gasteiger partial charge in [0.1, 0.15) is 0 Å². The second kappa shape index (κ2) is 8.41. The van der Waals surface area contributed by atoms with Crippen LogP contribution >= 0.6 is 0 Å². The highest BCUT2D eigenvalue weighted by Gasteiger charge is 2.20. The largest absolute Gasteiger partial charge is 0.383 e. The number of benzene rings is 2. The molecule has 10 heteroatoms. The third-order valence-corrected chi connectivity index (χ3v) is 4.71. The van der Waals surface area contributed by atoms with Gasteiger partial charge in [-0.15, -0.1) is 0 Å². The number of nitrogens with zero attached hydrogens (tertiary/aromatic N) is 1. The highest BCUT2D eigenvalue weighted by atomic mass is 32.2. The second-order valence-corrected chi connectivity index (χ2v) is 6.84. The van der Waals surface area contributed by atoms with Gasteiger partial charge in [-0.1, -0.05) is 18.2 Å². The first kappa shape index (κ1) is 19.3. The van der Waals surface area contributed by atoms with Crippen LogP contribution in [0.15, 0.2) is 53.4 Å². The maximum Gasteiger partial charge on any atom is 0.270 e. The zero-order valence-corrected chi connectivity index (χ0v) is 14.7. The van der Waals surface area contributed by atoms with Gasteiger partial charge in [0.05, 0.1) is 27.7 Å². The average molecular weight is 379 g/mol. The lowest BCUT2D eigenvalue weighted by Crippen LogP contribution is -2.28. The van der Waals surface area contributed by atoms with E-state index in [4.69, 9.17) is 4.74 Å². The van der Waals surface area contributed by atoms with E-state index >= 15 is 0 Å². The molecule has 0 aliphatic rings. The summed E-state index contributed by atoms with van der Waals surface area (Å²) in [5.41, 5.74) is -0.162. The van der Waals surface area contributed by atoms with Crippen LogP contribution in [0, 0.1) is 10.1 Å². The van der Waals surface area contributed by atoms with Crippen molar-refractivity contribution in [2.24, 2.45) is 0 Å². The Bertz CT molecular complexity index is 914. The number of para-hydroxylation sites is 1. The molecule has 138 valence electrons. The summed E-state index contributed by atoms with van der Waals surface area (Å²) in [4.78, 5) is 22.1. The zero-order chi connectivity index (χ0) is 19.2. The molecule has 2 N–H and O–H groups in total. The van der Waals surface area contributed by atoms with Crippen molar-refractivity contribution in [1.29, 1.82) is 0 Å². The number of methoxy groups -OCH3 is 1. The van der Waals surface area contributed by atoms with Crippen LogP contribution in [0.25, 0.3) is 0 Å². The normalized spacial score (nSPS) is 11.0. The number of nitro groups is 1. The van der Waals surface area contributed by atoms with Crippen LogP contribution < -0.4 is 10.0 Å². The van der Waals surface area contributed by atoms with Crippen LogP contribution in [0.2, 0.25) is 0 Å². The molecule has 0 bridgehead atoms. The van der Waals surface area contributed by atoms with Gasteiger partial charge >= 0.3 is 0 Å². The molecule has 9 nitrogen and oxygen atoms in total. The molecular formula is C16H17N3O6S. The quantitative estimate of drug-likeness (QED) is 0.409. The number of hydrogen-bond acceptors (Lipinski definition) is 6. The summed E-state index contributed by atoms with van der Waals surface area (Å²) in [7, 11) is -2.62. The van der Waals surface area contributed by atoms with E-state index in [1.165, 1.54) is 37.4 Å². The molecule has 2 aromatic carbocycles. The summed E-state index contributed by atoms with van der Waals surface area (Å²) >= 11 is 0. The van der Waals surface area contributed by atoms with Crippen LogP contribution in [0.3, 0.4) is 0 Å². The number of carbonyl (C=O) groups excluding carboxylic acids is 1. The van der Waals surface area contributed by atoms with E-state index in [2.05, 4.69) is 10.0 Å². The molecule has 2 aromatic rings. The van der Waals surface area contributed by atoms with Crippen molar-refractivity contribution in [1.82, 2.24) is 5.32 Å². The number of hydrogen-bond donors (Lipinski definition) is 2. The monoisotopic (exact) mass is 379 g/mol. The highest BCUT2D eigenvalue weighted by Crippen LogP contribution is 2.22. The predicted molar refractivity (Wildman–Crippen MR) is 94.6 cm³/mol. The van der Waals surface area contributed by atoms with Crippen molar-refractivity contribution < 1.29 is 22.9 Å². The molecule has 0 radical (unpaired) electrons. The molecular weight excluding hydrogens is 362 g/mol. The molecule has 0 aliphatic heterocycles. The Morgan fingerprint density at radius 3 is 2.62 bits per heavy atom. The Kier molecular flexibility index (Phi) is 6.26. The number of anilines is 1. The maximum absolute atomic E-state index is 12.5. The number of carbonyl (C=O) groups is 1. The first-order chi connectivity index (χ1) is 12.3. The summed E-state index contributed by atoms with van der Waals surface area (Å²) in [5.74, 6) is -0.473. The minimum Gasteiger partial charge on any atom is -0.383 e. The summed E-state index contributed by atoms with van der Waals surface area (Å²) in [5, 5.41) is 13.4. The van der Waals surface area contributed by atoms with E-state index in [1.54, 1.807) is 12.1 Å². The van der Waals surface area contributed by atoms with Gasteiger partial charge in [0.15, 0.2) is 0 Å². The van der Waals surface area contributed by atoms with Gasteiger partial charge in [-0.25, -0.2) is 8.42 Å². The standard InChI is InChI=1S/C16H17N3O6S/c1-25-10-9-17-16(20)14-7-2-3-8-15(14)18-26(23,24)13-6-4-5-12(11-13)19(21)22/h2-8,11,18H,9-10H2,1H3,(H,17,20). The number of nitrogens with one attached hydrogen (secondary N) is 2. The van der Waals surface area contributed by atoms with Gasteiger partial charge in [-0.3, -0.25) is 19.6 Å².